The number of carbonyl (C=O) groups is 1. The number of nitrogens with zero attached hydrogens (tertiary/aromatic N) is 1. The van der Waals surface area contributed by atoms with Crippen LogP contribution in [0.2, 0.25) is 0 Å². The van der Waals surface area contributed by atoms with Gasteiger partial charge in [0.15, 0.2) is 16.7 Å². The van der Waals surface area contributed by atoms with Gasteiger partial charge in [-0.3, -0.25) is 9.59 Å². The number of aromatic amines is 1. The number of nitrogens with one attached hydrogen (secondary N) is 2. The predicted molar refractivity (Wildman–Crippen MR) is 107 cm³/mol. The van der Waals surface area contributed by atoms with E-state index >= 15 is 0 Å². The molecular weight excluding hydrogens is 378 g/mol. The standard InChI is InChI=1S/C20H21N3O4S/c1-26-13-8-7-10(9-14(13)27-2)15-16-11(5-4-6-12(16)24)21-18-17(15)19(25)23-20(22-18)28-3/h5,7-9,15-16H,4,6H2,1-3H3,(H2,21,22,23,25)/t15-,16-/m0/s1. The first-order valence-electron chi connectivity index (χ1n) is 8.97. The Hall–Kier alpha value is -2.74. The molecule has 2 heterocycles. The van der Waals surface area contributed by atoms with Gasteiger partial charge in [-0.2, -0.15) is 0 Å². The third-order valence-electron chi connectivity index (χ3n) is 5.24. The topological polar surface area (TPSA) is 93.3 Å². The quantitative estimate of drug-likeness (QED) is 0.603. The Kier molecular flexibility index (Phi) is 4.89. The molecular formula is C20H21N3O4S. The maximum Gasteiger partial charge on any atom is 0.257 e. The number of Topliss-reactive ketones (excluding diaryl/α,β-unsaturated/α-hetero) is 1. The summed E-state index contributed by atoms with van der Waals surface area (Å²) in [5.41, 5.74) is 1.87. The minimum Gasteiger partial charge on any atom is -0.493 e. The van der Waals surface area contributed by atoms with E-state index in [2.05, 4.69) is 15.3 Å². The highest BCUT2D eigenvalue weighted by Crippen LogP contribution is 2.46. The lowest BCUT2D eigenvalue weighted by Gasteiger charge is -2.36. The molecule has 2 aromatic rings. The van der Waals surface area contributed by atoms with Gasteiger partial charge in [-0.1, -0.05) is 23.9 Å². The summed E-state index contributed by atoms with van der Waals surface area (Å²) in [5, 5.41) is 3.77. The summed E-state index contributed by atoms with van der Waals surface area (Å²) >= 11 is 1.36. The van der Waals surface area contributed by atoms with Gasteiger partial charge in [0.2, 0.25) is 0 Å². The van der Waals surface area contributed by atoms with Gasteiger partial charge < -0.3 is 19.8 Å². The third kappa shape index (κ3) is 2.97. The van der Waals surface area contributed by atoms with E-state index in [1.807, 2.05) is 24.5 Å². The fraction of sp³-hybridized carbons (Fsp3) is 0.350. The van der Waals surface area contributed by atoms with Crippen LogP contribution < -0.4 is 20.3 Å². The summed E-state index contributed by atoms with van der Waals surface area (Å²) in [6.07, 6.45) is 5.03. The summed E-state index contributed by atoms with van der Waals surface area (Å²) in [7, 11) is 3.13. The predicted octanol–water partition coefficient (Wildman–Crippen LogP) is 2.93. The molecule has 7 nitrogen and oxygen atoms in total. The van der Waals surface area contributed by atoms with Crippen molar-refractivity contribution in [1.82, 2.24) is 9.97 Å². The van der Waals surface area contributed by atoms with E-state index < -0.39 is 11.8 Å². The van der Waals surface area contributed by atoms with Gasteiger partial charge in [-0.15, -0.1) is 0 Å². The van der Waals surface area contributed by atoms with Crippen molar-refractivity contribution >= 4 is 23.4 Å². The molecule has 146 valence electrons. The number of hydrogen-bond donors (Lipinski definition) is 2. The number of methoxy groups -OCH3 is 2. The summed E-state index contributed by atoms with van der Waals surface area (Å²) < 4.78 is 10.8. The smallest absolute Gasteiger partial charge is 0.257 e. The lowest BCUT2D eigenvalue weighted by atomic mass is 9.72. The van der Waals surface area contributed by atoms with Crippen LogP contribution in [0.5, 0.6) is 11.5 Å². The Morgan fingerprint density at radius 2 is 1.93 bits per heavy atom. The summed E-state index contributed by atoms with van der Waals surface area (Å²) in [6.45, 7) is 0. The van der Waals surface area contributed by atoms with Crippen LogP contribution in [0, 0.1) is 5.92 Å². The van der Waals surface area contributed by atoms with E-state index in [1.54, 1.807) is 20.3 Å². The molecule has 1 aromatic carbocycles. The molecule has 1 aliphatic heterocycles. The first-order valence-corrected chi connectivity index (χ1v) is 10.2. The second-order valence-corrected chi connectivity index (χ2v) is 7.49. The molecule has 0 bridgehead atoms. The molecule has 0 radical (unpaired) electrons. The van der Waals surface area contributed by atoms with Gasteiger partial charge in [0.1, 0.15) is 11.6 Å². The number of ether oxygens (including phenoxy) is 2. The van der Waals surface area contributed by atoms with Gasteiger partial charge in [-0.05, 0) is 30.4 Å². The van der Waals surface area contributed by atoms with Crippen molar-refractivity contribution in [2.45, 2.75) is 23.9 Å². The summed E-state index contributed by atoms with van der Waals surface area (Å²) in [6, 6.07) is 5.51. The average molecular weight is 399 g/mol. The maximum absolute atomic E-state index is 13.0. The molecule has 8 heteroatoms. The van der Waals surface area contributed by atoms with Gasteiger partial charge in [0.25, 0.3) is 5.56 Å². The second kappa shape index (κ2) is 7.35. The van der Waals surface area contributed by atoms with E-state index in [-0.39, 0.29) is 11.3 Å². The minimum atomic E-state index is -0.442. The number of rotatable bonds is 4. The van der Waals surface area contributed by atoms with Crippen LogP contribution in [0.3, 0.4) is 0 Å². The molecule has 1 aliphatic carbocycles. The highest BCUT2D eigenvalue weighted by molar-refractivity contribution is 7.98. The highest BCUT2D eigenvalue weighted by Gasteiger charge is 2.42. The number of carbonyl (C=O) groups excluding carboxylic acids is 1. The monoisotopic (exact) mass is 399 g/mol. The molecule has 4 rings (SSSR count). The third-order valence-corrected chi connectivity index (χ3v) is 5.82. The molecule has 0 unspecified atom stereocenters. The number of hydrogen-bond acceptors (Lipinski definition) is 7. The van der Waals surface area contributed by atoms with Crippen molar-refractivity contribution in [1.29, 1.82) is 0 Å². The Morgan fingerprint density at radius 1 is 1.14 bits per heavy atom. The zero-order valence-electron chi connectivity index (χ0n) is 15.9. The van der Waals surface area contributed by atoms with Crippen molar-refractivity contribution in [2.24, 2.45) is 5.92 Å². The number of ketones is 1. The lowest BCUT2D eigenvalue weighted by Crippen LogP contribution is -2.38. The van der Waals surface area contributed by atoms with Crippen molar-refractivity contribution in [3.63, 3.8) is 0 Å². The van der Waals surface area contributed by atoms with Crippen LogP contribution in [0.4, 0.5) is 5.82 Å². The zero-order valence-corrected chi connectivity index (χ0v) is 16.7. The van der Waals surface area contributed by atoms with Crippen LogP contribution in [-0.2, 0) is 4.79 Å². The number of benzene rings is 1. The number of aromatic nitrogens is 2. The van der Waals surface area contributed by atoms with Crippen LogP contribution in [-0.4, -0.2) is 36.2 Å². The van der Waals surface area contributed by atoms with Crippen molar-refractivity contribution in [3.8, 4) is 11.5 Å². The SMILES string of the molecule is COc1ccc([C@@H]2c3c(nc(SC)[nH]c3=O)NC3=CCCC(=O)[C@H]32)cc1OC. The van der Waals surface area contributed by atoms with Crippen molar-refractivity contribution < 1.29 is 14.3 Å². The van der Waals surface area contributed by atoms with Gasteiger partial charge in [0, 0.05) is 18.0 Å². The summed E-state index contributed by atoms with van der Waals surface area (Å²) in [4.78, 5) is 33.2. The van der Waals surface area contributed by atoms with Gasteiger partial charge in [-0.25, -0.2) is 4.98 Å². The fourth-order valence-corrected chi connectivity index (χ4v) is 4.35. The highest BCUT2D eigenvalue weighted by atomic mass is 32.2. The molecule has 28 heavy (non-hydrogen) atoms. The van der Waals surface area contributed by atoms with Crippen LogP contribution in [0.1, 0.15) is 29.9 Å². The fourth-order valence-electron chi connectivity index (χ4n) is 3.97. The average Bonchev–Trinajstić information content (AvgIpc) is 2.71. The van der Waals surface area contributed by atoms with Crippen molar-refractivity contribution in [3.05, 3.63) is 51.5 Å². The number of allylic oxidation sites excluding steroid dienone is 2. The molecule has 2 N–H and O–H groups in total. The number of anilines is 1. The molecule has 0 amide bonds. The largest absolute Gasteiger partial charge is 0.493 e. The maximum atomic E-state index is 13.0. The van der Waals surface area contributed by atoms with Crippen LogP contribution in [0.25, 0.3) is 0 Å². The molecule has 0 saturated carbocycles. The summed E-state index contributed by atoms with van der Waals surface area (Å²) in [5.74, 6) is 0.883. The minimum absolute atomic E-state index is 0.115. The zero-order chi connectivity index (χ0) is 19.8. The number of fused-ring (bicyclic) bond motifs is 2. The first kappa shape index (κ1) is 18.6. The first-order chi connectivity index (χ1) is 13.6. The Balaban J connectivity index is 1.96. The van der Waals surface area contributed by atoms with Gasteiger partial charge in [0.05, 0.1) is 25.7 Å². The Labute approximate surface area is 166 Å². The van der Waals surface area contributed by atoms with Crippen LogP contribution in [0.15, 0.2) is 39.9 Å². The Morgan fingerprint density at radius 3 is 2.64 bits per heavy atom. The Bertz CT molecular complexity index is 1030. The molecule has 1 aromatic heterocycles. The van der Waals surface area contributed by atoms with E-state index in [1.165, 1.54) is 11.8 Å². The van der Waals surface area contributed by atoms with E-state index in [0.717, 1.165) is 11.3 Å². The van der Waals surface area contributed by atoms with E-state index in [9.17, 15) is 9.59 Å². The molecule has 2 atom stereocenters. The van der Waals surface area contributed by atoms with Crippen molar-refractivity contribution in [2.75, 3.05) is 25.8 Å². The number of thioether (sulfide) groups is 1. The number of H-pyrrole nitrogens is 1. The molecule has 0 spiro atoms. The lowest BCUT2D eigenvalue weighted by molar-refractivity contribution is -0.122. The van der Waals surface area contributed by atoms with Gasteiger partial charge >= 0.3 is 0 Å². The molecule has 2 aliphatic rings. The van der Waals surface area contributed by atoms with E-state index in [0.29, 0.717) is 40.9 Å². The second-order valence-electron chi connectivity index (χ2n) is 6.70. The molecule has 0 fully saturated rings. The van der Waals surface area contributed by atoms with Crippen LogP contribution >= 0.6 is 11.8 Å². The van der Waals surface area contributed by atoms with E-state index in [4.69, 9.17) is 9.47 Å². The molecule has 0 saturated heterocycles. The normalized spacial score (nSPS) is 20.5.